The highest BCUT2D eigenvalue weighted by atomic mass is 16.6. The molecule has 10 heteroatoms. The van der Waals surface area contributed by atoms with Crippen LogP contribution in [-0.2, 0) is 42.4 Å². The van der Waals surface area contributed by atoms with E-state index >= 15 is 0 Å². The maximum absolute atomic E-state index is 13.7. The lowest BCUT2D eigenvalue weighted by Crippen LogP contribution is -2.50. The summed E-state index contributed by atoms with van der Waals surface area (Å²) >= 11 is 0. The van der Waals surface area contributed by atoms with Crippen molar-refractivity contribution in [2.75, 3.05) is 25.1 Å². The number of nitrogens with zero attached hydrogens (tertiary/aromatic N) is 2. The third kappa shape index (κ3) is 4.75. The van der Waals surface area contributed by atoms with Crippen LogP contribution in [0.3, 0.4) is 0 Å². The molecule has 2 aromatic rings. The van der Waals surface area contributed by atoms with E-state index < -0.39 is 23.6 Å². The lowest BCUT2D eigenvalue weighted by Gasteiger charge is -2.30. The molecule has 0 bridgehead atoms. The second-order valence-electron chi connectivity index (χ2n) is 11.4. The number of nitrogens with two attached hydrogens (primary N) is 1. The Bertz CT molecular complexity index is 1340. The van der Waals surface area contributed by atoms with E-state index in [-0.39, 0.29) is 36.7 Å². The zero-order chi connectivity index (χ0) is 28.0. The number of benzene rings is 2. The van der Waals surface area contributed by atoms with Crippen molar-refractivity contribution in [3.05, 3.63) is 65.2 Å². The summed E-state index contributed by atoms with van der Waals surface area (Å²) < 4.78 is 10.9. The normalized spacial score (nSPS) is 23.4. The Hall–Kier alpha value is -3.76. The minimum Gasteiger partial charge on any atom is -0.427 e. The van der Waals surface area contributed by atoms with Crippen LogP contribution in [0.15, 0.2) is 48.5 Å². The van der Waals surface area contributed by atoms with Crippen LogP contribution in [0.5, 0.6) is 0 Å². The first-order chi connectivity index (χ1) is 19.3. The van der Waals surface area contributed by atoms with Gasteiger partial charge < -0.3 is 25.4 Å². The molecule has 6 rings (SSSR count). The summed E-state index contributed by atoms with van der Waals surface area (Å²) in [6.07, 6.45) is 2.08. The van der Waals surface area contributed by atoms with Gasteiger partial charge in [-0.15, -0.1) is 0 Å². The average Bonchev–Trinajstić information content (AvgIpc) is 3.67. The zero-order valence-corrected chi connectivity index (χ0v) is 22.5. The van der Waals surface area contributed by atoms with Gasteiger partial charge in [0, 0.05) is 36.2 Å². The van der Waals surface area contributed by atoms with Crippen LogP contribution in [0.2, 0.25) is 0 Å². The largest absolute Gasteiger partial charge is 0.427 e. The molecule has 10 nitrogen and oxygen atoms in total. The topological polar surface area (TPSA) is 131 Å². The number of hydrogen-bond donors (Lipinski definition) is 2. The number of ether oxygens (including phenoxy) is 2. The molecule has 3 atom stereocenters. The van der Waals surface area contributed by atoms with Gasteiger partial charge in [0.1, 0.15) is 6.54 Å². The number of carbonyl (C=O) groups excluding carboxylic acids is 4. The summed E-state index contributed by atoms with van der Waals surface area (Å²) in [5, 5.41) is 2.84. The molecule has 0 radical (unpaired) electrons. The number of anilines is 1. The lowest BCUT2D eigenvalue weighted by atomic mass is 9.94. The van der Waals surface area contributed by atoms with E-state index in [1.165, 1.54) is 0 Å². The third-order valence-corrected chi connectivity index (χ3v) is 8.71. The predicted molar refractivity (Wildman–Crippen MR) is 145 cm³/mol. The average molecular weight is 547 g/mol. The van der Waals surface area contributed by atoms with Crippen LogP contribution >= 0.6 is 0 Å². The van der Waals surface area contributed by atoms with Crippen LogP contribution in [0.1, 0.15) is 42.9 Å². The van der Waals surface area contributed by atoms with E-state index in [0.717, 1.165) is 28.9 Å². The SMILES string of the molecule is C[C@@H](C1CC1)N(Cc1ccccc1)C(=O)CN1C(=O)OC2(CCc3cc(NC(=O)[C@H](N)C4COC4)ccc32)C1=O. The number of nitrogens with one attached hydrogen (secondary N) is 1. The molecule has 2 aliphatic carbocycles. The summed E-state index contributed by atoms with van der Waals surface area (Å²) in [7, 11) is 0. The molecule has 4 aliphatic rings. The lowest BCUT2D eigenvalue weighted by molar-refractivity contribution is -0.143. The fourth-order valence-corrected chi connectivity index (χ4v) is 5.93. The fourth-order valence-electron chi connectivity index (χ4n) is 5.93. The highest BCUT2D eigenvalue weighted by Crippen LogP contribution is 2.46. The fraction of sp³-hybridized carbons (Fsp3) is 0.467. The number of fused-ring (bicyclic) bond motifs is 2. The van der Waals surface area contributed by atoms with Gasteiger partial charge in [-0.2, -0.15) is 0 Å². The Morgan fingerprint density at radius 3 is 2.55 bits per heavy atom. The number of rotatable bonds is 9. The van der Waals surface area contributed by atoms with E-state index in [1.54, 1.807) is 23.1 Å². The first-order valence-electron chi connectivity index (χ1n) is 13.9. The summed E-state index contributed by atoms with van der Waals surface area (Å²) in [5.41, 5.74) is 7.52. The van der Waals surface area contributed by atoms with Crippen LogP contribution in [0.25, 0.3) is 0 Å². The van der Waals surface area contributed by atoms with Crippen LogP contribution in [0, 0.1) is 11.8 Å². The molecule has 1 unspecified atom stereocenters. The summed E-state index contributed by atoms with van der Waals surface area (Å²) in [5.74, 6) is -0.678. The molecule has 3 N–H and O–H groups in total. The molecule has 1 saturated carbocycles. The molecule has 2 aromatic carbocycles. The molecule has 1 spiro atoms. The molecular formula is C30H34N4O6. The third-order valence-electron chi connectivity index (χ3n) is 8.71. The Kier molecular flexibility index (Phi) is 6.83. The molecule has 2 heterocycles. The molecule has 40 heavy (non-hydrogen) atoms. The second-order valence-corrected chi connectivity index (χ2v) is 11.4. The maximum Gasteiger partial charge on any atom is 0.418 e. The molecule has 4 amide bonds. The first-order valence-corrected chi connectivity index (χ1v) is 13.9. The smallest absolute Gasteiger partial charge is 0.418 e. The monoisotopic (exact) mass is 546 g/mol. The number of hydrogen-bond acceptors (Lipinski definition) is 7. The number of carbonyl (C=O) groups is 4. The number of amides is 4. The van der Waals surface area contributed by atoms with E-state index in [9.17, 15) is 19.2 Å². The summed E-state index contributed by atoms with van der Waals surface area (Å²) in [6.45, 7) is 3.01. The molecule has 3 fully saturated rings. The summed E-state index contributed by atoms with van der Waals surface area (Å²) in [4.78, 5) is 55.5. The molecule has 2 saturated heterocycles. The predicted octanol–water partition coefficient (Wildman–Crippen LogP) is 2.55. The van der Waals surface area contributed by atoms with Gasteiger partial charge in [-0.05, 0) is 55.4 Å². The van der Waals surface area contributed by atoms with Gasteiger partial charge in [0.2, 0.25) is 17.4 Å². The molecule has 210 valence electrons. The van der Waals surface area contributed by atoms with Gasteiger partial charge in [0.05, 0.1) is 19.3 Å². The van der Waals surface area contributed by atoms with Crippen LogP contribution < -0.4 is 11.1 Å². The zero-order valence-electron chi connectivity index (χ0n) is 22.5. The highest BCUT2D eigenvalue weighted by molar-refractivity contribution is 6.06. The van der Waals surface area contributed by atoms with Gasteiger partial charge in [-0.25, -0.2) is 9.69 Å². The standard InChI is InChI=1S/C30H34N4O6/c1-18(20-7-8-20)33(14-19-5-3-2-4-6-19)25(35)15-34-28(37)30(40-29(34)38)12-11-21-13-23(9-10-24(21)30)32-27(36)26(31)22-16-39-17-22/h2-6,9-10,13,18,20,22,26H,7-8,11-12,14-17,31H2,1H3,(H,32,36)/t18-,26+,30?/m0/s1. The van der Waals surface area contributed by atoms with Crippen LogP contribution in [0.4, 0.5) is 10.5 Å². The van der Waals surface area contributed by atoms with Crippen molar-refractivity contribution in [3.8, 4) is 0 Å². The number of aryl methyl sites for hydroxylation is 1. The Balaban J connectivity index is 1.17. The minimum atomic E-state index is -1.46. The van der Waals surface area contributed by atoms with Gasteiger partial charge >= 0.3 is 6.09 Å². The van der Waals surface area contributed by atoms with Crippen molar-refractivity contribution in [1.29, 1.82) is 0 Å². The van der Waals surface area contributed by atoms with Gasteiger partial charge in [0.15, 0.2) is 0 Å². The van der Waals surface area contributed by atoms with E-state index in [4.69, 9.17) is 15.2 Å². The summed E-state index contributed by atoms with van der Waals surface area (Å²) in [6, 6.07) is 14.2. The minimum absolute atomic E-state index is 0.00108. The van der Waals surface area contributed by atoms with Crippen LogP contribution in [-0.4, -0.2) is 65.5 Å². The van der Waals surface area contributed by atoms with E-state index in [0.29, 0.717) is 43.3 Å². The van der Waals surface area contributed by atoms with Crippen molar-refractivity contribution in [3.63, 3.8) is 0 Å². The van der Waals surface area contributed by atoms with Crippen molar-refractivity contribution < 1.29 is 28.7 Å². The molecule has 2 aliphatic heterocycles. The van der Waals surface area contributed by atoms with Crippen molar-refractivity contribution in [1.82, 2.24) is 9.80 Å². The highest BCUT2D eigenvalue weighted by Gasteiger charge is 2.58. The first kappa shape index (κ1) is 26.5. The Labute approximate surface area is 232 Å². The quantitative estimate of drug-likeness (QED) is 0.494. The van der Waals surface area contributed by atoms with Crippen molar-refractivity contribution in [2.24, 2.45) is 17.6 Å². The van der Waals surface area contributed by atoms with Crippen molar-refractivity contribution >= 4 is 29.5 Å². The molecule has 0 aromatic heterocycles. The Morgan fingerprint density at radius 2 is 1.88 bits per heavy atom. The van der Waals surface area contributed by atoms with E-state index in [2.05, 4.69) is 5.32 Å². The van der Waals surface area contributed by atoms with Gasteiger partial charge in [-0.1, -0.05) is 36.4 Å². The number of imide groups is 1. The van der Waals surface area contributed by atoms with Crippen molar-refractivity contribution in [2.45, 2.75) is 56.8 Å². The van der Waals surface area contributed by atoms with Gasteiger partial charge in [0.25, 0.3) is 5.91 Å². The maximum atomic E-state index is 13.7. The second kappa shape index (κ2) is 10.3. The molecular weight excluding hydrogens is 512 g/mol. The van der Waals surface area contributed by atoms with Gasteiger partial charge in [-0.3, -0.25) is 14.4 Å². The Morgan fingerprint density at radius 1 is 1.12 bits per heavy atom. The van der Waals surface area contributed by atoms with E-state index in [1.807, 2.05) is 37.3 Å².